The van der Waals surface area contributed by atoms with E-state index in [1.54, 1.807) is 42.5 Å². The van der Waals surface area contributed by atoms with E-state index >= 15 is 0 Å². The highest BCUT2D eigenvalue weighted by molar-refractivity contribution is 9.10. The Morgan fingerprint density at radius 3 is 2.35 bits per heavy atom. The Morgan fingerprint density at radius 1 is 1.13 bits per heavy atom. The van der Waals surface area contributed by atoms with Gasteiger partial charge in [-0.25, -0.2) is 4.79 Å². The van der Waals surface area contributed by atoms with Crippen molar-refractivity contribution in [2.75, 3.05) is 0 Å². The predicted octanol–water partition coefficient (Wildman–Crippen LogP) is 5.07. The maximum Gasteiger partial charge on any atom is 0.343 e. The highest BCUT2D eigenvalue weighted by Crippen LogP contribution is 2.26. The molecule has 2 rings (SSSR count). The first-order valence-corrected chi connectivity index (χ1v) is 8.05. The summed E-state index contributed by atoms with van der Waals surface area (Å²) >= 11 is 6.59. The molecule has 0 aromatic heterocycles. The molecule has 0 radical (unpaired) electrons. The molecule has 0 aliphatic heterocycles. The molecule has 2 aromatic carbocycles. The number of rotatable bonds is 4. The van der Waals surface area contributed by atoms with Gasteiger partial charge in [0.05, 0.1) is 10.5 Å². The monoisotopic (exact) mass is 439 g/mol. The summed E-state index contributed by atoms with van der Waals surface area (Å²) in [6, 6.07) is 11.7. The van der Waals surface area contributed by atoms with E-state index in [2.05, 4.69) is 31.9 Å². The lowest BCUT2D eigenvalue weighted by atomic mass is 10.1. The number of hydrogen-bond donors (Lipinski definition) is 0. The summed E-state index contributed by atoms with van der Waals surface area (Å²) in [5.41, 5.74) is 0.778. The Morgan fingerprint density at radius 2 is 1.74 bits per heavy atom. The van der Waals surface area contributed by atoms with Gasteiger partial charge in [-0.05, 0) is 42.5 Å². The quantitative estimate of drug-likeness (QED) is 0.288. The Labute approximate surface area is 149 Å². The molecule has 0 atom stereocenters. The van der Waals surface area contributed by atoms with Crippen LogP contribution >= 0.6 is 31.9 Å². The Bertz CT molecular complexity index is 785. The standard InChI is InChI=1S/C16H11Br2NO4/c1-10(19(21)22)8-12-9-14(18)6-7-15(12)23-16(20)11-2-4-13(17)5-3-11/h2-9H,1H3/b10-8+. The number of hydrogen-bond acceptors (Lipinski definition) is 4. The topological polar surface area (TPSA) is 69.4 Å². The van der Waals surface area contributed by atoms with Gasteiger partial charge < -0.3 is 4.74 Å². The zero-order chi connectivity index (χ0) is 17.0. The van der Waals surface area contributed by atoms with Crippen LogP contribution in [0.1, 0.15) is 22.8 Å². The van der Waals surface area contributed by atoms with Crippen LogP contribution in [0, 0.1) is 10.1 Å². The summed E-state index contributed by atoms with van der Waals surface area (Å²) in [5.74, 6) is -0.282. The van der Waals surface area contributed by atoms with E-state index < -0.39 is 10.9 Å². The van der Waals surface area contributed by atoms with Gasteiger partial charge in [0.15, 0.2) is 0 Å². The van der Waals surface area contributed by atoms with Crippen LogP contribution in [0.4, 0.5) is 0 Å². The first kappa shape index (κ1) is 17.4. The fourth-order valence-corrected chi connectivity index (χ4v) is 2.39. The minimum Gasteiger partial charge on any atom is -0.422 e. The van der Waals surface area contributed by atoms with Crippen LogP contribution in [0.15, 0.2) is 57.1 Å². The van der Waals surface area contributed by atoms with Gasteiger partial charge in [0.1, 0.15) is 5.75 Å². The lowest BCUT2D eigenvalue weighted by Crippen LogP contribution is -2.09. The number of carbonyl (C=O) groups is 1. The molecule has 118 valence electrons. The molecule has 0 fully saturated rings. The van der Waals surface area contributed by atoms with Crippen LogP contribution in [0.2, 0.25) is 0 Å². The maximum absolute atomic E-state index is 12.2. The van der Waals surface area contributed by atoms with Gasteiger partial charge in [0.2, 0.25) is 5.70 Å². The normalized spacial score (nSPS) is 11.2. The van der Waals surface area contributed by atoms with Gasteiger partial charge in [0.25, 0.3) is 0 Å². The molecule has 0 unspecified atom stereocenters. The molecule has 7 heteroatoms. The summed E-state index contributed by atoms with van der Waals surface area (Å²) in [6.07, 6.45) is 1.36. The highest BCUT2D eigenvalue weighted by Gasteiger charge is 2.13. The summed E-state index contributed by atoms with van der Waals surface area (Å²) in [6.45, 7) is 1.38. The second kappa shape index (κ2) is 7.52. The lowest BCUT2D eigenvalue weighted by Gasteiger charge is -2.08. The van der Waals surface area contributed by atoms with E-state index in [9.17, 15) is 14.9 Å². The molecule has 0 bridgehead atoms. The third-order valence-corrected chi connectivity index (χ3v) is 3.93. The largest absolute Gasteiger partial charge is 0.422 e. The van der Waals surface area contributed by atoms with Gasteiger partial charge in [-0.1, -0.05) is 31.9 Å². The molecular weight excluding hydrogens is 430 g/mol. The number of esters is 1. The van der Waals surface area contributed by atoms with Crippen molar-refractivity contribution >= 4 is 43.9 Å². The SMILES string of the molecule is C/C(=C\c1cc(Br)ccc1OC(=O)c1ccc(Br)cc1)[N+](=O)[O-]. The zero-order valence-corrected chi connectivity index (χ0v) is 15.1. The average molecular weight is 441 g/mol. The number of benzene rings is 2. The van der Waals surface area contributed by atoms with Crippen LogP contribution in [0.3, 0.4) is 0 Å². The lowest BCUT2D eigenvalue weighted by molar-refractivity contribution is -0.422. The van der Waals surface area contributed by atoms with E-state index in [1.165, 1.54) is 13.0 Å². The zero-order valence-electron chi connectivity index (χ0n) is 12.0. The number of nitrogens with zero attached hydrogens (tertiary/aromatic N) is 1. The summed E-state index contributed by atoms with van der Waals surface area (Å²) < 4.78 is 6.94. The van der Waals surface area contributed by atoms with Crippen molar-refractivity contribution in [1.29, 1.82) is 0 Å². The molecule has 0 spiro atoms. The molecule has 0 N–H and O–H groups in total. The second-order valence-electron chi connectivity index (χ2n) is 4.62. The molecule has 5 nitrogen and oxygen atoms in total. The second-order valence-corrected chi connectivity index (χ2v) is 6.45. The number of halogens is 2. The van der Waals surface area contributed by atoms with Gasteiger partial charge in [0, 0.05) is 27.5 Å². The molecule has 0 aliphatic rings. The number of allylic oxidation sites excluding steroid dienone is 1. The van der Waals surface area contributed by atoms with Gasteiger partial charge in [-0.2, -0.15) is 0 Å². The van der Waals surface area contributed by atoms with Crippen molar-refractivity contribution in [3.8, 4) is 5.75 Å². The smallest absolute Gasteiger partial charge is 0.343 e. The van der Waals surface area contributed by atoms with E-state index in [1.807, 2.05) is 0 Å². The third-order valence-electron chi connectivity index (χ3n) is 2.91. The van der Waals surface area contributed by atoms with Crippen molar-refractivity contribution in [3.63, 3.8) is 0 Å². The summed E-state index contributed by atoms with van der Waals surface area (Å²) in [7, 11) is 0. The number of carbonyl (C=O) groups excluding carboxylic acids is 1. The number of nitro groups is 1. The van der Waals surface area contributed by atoms with Crippen LogP contribution in [0.5, 0.6) is 5.75 Å². The maximum atomic E-state index is 12.2. The molecule has 0 amide bonds. The number of ether oxygens (including phenoxy) is 1. The molecule has 0 saturated carbocycles. The van der Waals surface area contributed by atoms with E-state index in [-0.39, 0.29) is 11.4 Å². The summed E-state index contributed by atoms with van der Waals surface area (Å²) in [4.78, 5) is 22.5. The Hall–Kier alpha value is -1.99. The third kappa shape index (κ3) is 4.74. The van der Waals surface area contributed by atoms with E-state index in [0.717, 1.165) is 8.95 Å². The van der Waals surface area contributed by atoms with Crippen LogP contribution in [0.25, 0.3) is 6.08 Å². The molecule has 23 heavy (non-hydrogen) atoms. The van der Waals surface area contributed by atoms with Crippen molar-refractivity contribution in [2.45, 2.75) is 6.92 Å². The van der Waals surface area contributed by atoms with E-state index in [0.29, 0.717) is 11.1 Å². The molecule has 2 aromatic rings. The Balaban J connectivity index is 2.32. The highest BCUT2D eigenvalue weighted by atomic mass is 79.9. The van der Waals surface area contributed by atoms with Gasteiger partial charge in [-0.15, -0.1) is 0 Å². The first-order chi connectivity index (χ1) is 10.9. The van der Waals surface area contributed by atoms with Gasteiger partial charge >= 0.3 is 5.97 Å². The predicted molar refractivity (Wildman–Crippen MR) is 93.9 cm³/mol. The van der Waals surface area contributed by atoms with Gasteiger partial charge in [-0.3, -0.25) is 10.1 Å². The fraction of sp³-hybridized carbons (Fsp3) is 0.0625. The van der Waals surface area contributed by atoms with Crippen molar-refractivity contribution in [3.05, 3.63) is 78.3 Å². The molecular formula is C16H11Br2NO4. The van der Waals surface area contributed by atoms with Crippen LogP contribution in [-0.4, -0.2) is 10.9 Å². The van der Waals surface area contributed by atoms with Crippen LogP contribution < -0.4 is 4.74 Å². The van der Waals surface area contributed by atoms with Crippen LogP contribution in [-0.2, 0) is 0 Å². The van der Waals surface area contributed by atoms with Crippen molar-refractivity contribution in [2.24, 2.45) is 0 Å². The minimum atomic E-state index is -0.534. The average Bonchev–Trinajstić information content (AvgIpc) is 2.50. The van der Waals surface area contributed by atoms with Crippen molar-refractivity contribution < 1.29 is 14.5 Å². The van der Waals surface area contributed by atoms with E-state index in [4.69, 9.17) is 4.74 Å². The van der Waals surface area contributed by atoms with Crippen molar-refractivity contribution in [1.82, 2.24) is 0 Å². The molecule has 0 saturated heterocycles. The Kier molecular flexibility index (Phi) is 5.68. The molecule has 0 aliphatic carbocycles. The summed E-state index contributed by atoms with van der Waals surface area (Å²) in [5, 5.41) is 10.8. The minimum absolute atomic E-state index is 0.0518. The molecule has 0 heterocycles. The first-order valence-electron chi connectivity index (χ1n) is 6.47. The fourth-order valence-electron chi connectivity index (χ4n) is 1.75.